The summed E-state index contributed by atoms with van der Waals surface area (Å²) in [5, 5.41) is 2.89. The first-order valence-corrected chi connectivity index (χ1v) is 8.44. The minimum absolute atomic E-state index is 0.0612. The summed E-state index contributed by atoms with van der Waals surface area (Å²) in [6.45, 7) is 5.71. The molecule has 0 aliphatic rings. The van der Waals surface area contributed by atoms with Crippen molar-refractivity contribution in [2.24, 2.45) is 0 Å². The van der Waals surface area contributed by atoms with Gasteiger partial charge in [-0.15, -0.1) is 0 Å². The number of nitrogens with one attached hydrogen (secondary N) is 1. The van der Waals surface area contributed by atoms with Crippen molar-refractivity contribution in [2.45, 2.75) is 39.2 Å². The zero-order chi connectivity index (χ0) is 19.3. The fraction of sp³-hybridized carbons (Fsp3) is 0.333. The highest BCUT2D eigenvalue weighted by atomic mass is 19.1. The molecule has 0 unspecified atom stereocenters. The van der Waals surface area contributed by atoms with Gasteiger partial charge in [0.25, 0.3) is 5.91 Å². The highest BCUT2D eigenvalue weighted by Gasteiger charge is 2.17. The summed E-state index contributed by atoms with van der Waals surface area (Å²) in [5.74, 6) is -0.447. The van der Waals surface area contributed by atoms with Gasteiger partial charge in [0.1, 0.15) is 17.3 Å². The molecule has 0 saturated heterocycles. The van der Waals surface area contributed by atoms with Gasteiger partial charge in [0.05, 0.1) is 7.11 Å². The monoisotopic (exact) mass is 357 g/mol. The van der Waals surface area contributed by atoms with E-state index in [1.807, 2.05) is 20.8 Å². The summed E-state index contributed by atoms with van der Waals surface area (Å²) in [7, 11) is 1.44. The fourth-order valence-electron chi connectivity index (χ4n) is 2.62. The molecule has 0 spiro atoms. The number of halogens is 1. The zero-order valence-corrected chi connectivity index (χ0v) is 15.6. The molecule has 0 atom stereocenters. The van der Waals surface area contributed by atoms with Crippen LogP contribution in [0, 0.1) is 5.82 Å². The zero-order valence-electron chi connectivity index (χ0n) is 15.6. The van der Waals surface area contributed by atoms with Gasteiger partial charge in [0, 0.05) is 29.5 Å². The molecular formula is C21H24FNO3. The number of carbonyl (C=O) groups is 2. The summed E-state index contributed by atoms with van der Waals surface area (Å²) in [4.78, 5) is 24.6. The molecule has 2 rings (SSSR count). The topological polar surface area (TPSA) is 55.4 Å². The molecule has 0 saturated carbocycles. The summed E-state index contributed by atoms with van der Waals surface area (Å²) in [6, 6.07) is 11.4. The number of hydrogen-bond acceptors (Lipinski definition) is 3. The number of hydrogen-bond donors (Lipinski definition) is 1. The Morgan fingerprint density at radius 2 is 1.77 bits per heavy atom. The smallest absolute Gasteiger partial charge is 0.251 e. The van der Waals surface area contributed by atoms with Gasteiger partial charge in [-0.2, -0.15) is 0 Å². The van der Waals surface area contributed by atoms with Crippen molar-refractivity contribution in [3.05, 3.63) is 65.0 Å². The van der Waals surface area contributed by atoms with Crippen molar-refractivity contribution >= 4 is 11.7 Å². The quantitative estimate of drug-likeness (QED) is 0.857. The molecule has 0 bridgehead atoms. The summed E-state index contributed by atoms with van der Waals surface area (Å²) in [6.07, 6.45) is 0.0579. The second kappa shape index (κ2) is 8.13. The van der Waals surface area contributed by atoms with Crippen LogP contribution >= 0.6 is 0 Å². The minimum atomic E-state index is -0.462. The van der Waals surface area contributed by atoms with E-state index >= 15 is 0 Å². The van der Waals surface area contributed by atoms with E-state index in [2.05, 4.69) is 5.32 Å². The van der Waals surface area contributed by atoms with Crippen LogP contribution < -0.4 is 10.1 Å². The number of ketones is 1. The maximum absolute atomic E-state index is 14.0. The number of amides is 1. The summed E-state index contributed by atoms with van der Waals surface area (Å²) in [5.41, 5.74) is 1.12. The van der Waals surface area contributed by atoms with Crippen LogP contribution in [0.5, 0.6) is 5.75 Å². The van der Waals surface area contributed by atoms with E-state index in [0.29, 0.717) is 16.9 Å². The number of ether oxygens (including phenoxy) is 1. The Morgan fingerprint density at radius 3 is 2.42 bits per heavy atom. The molecule has 4 nitrogen and oxygen atoms in total. The molecule has 0 aromatic heterocycles. The first-order valence-electron chi connectivity index (χ1n) is 8.44. The lowest BCUT2D eigenvalue weighted by atomic mass is 10.00. The van der Waals surface area contributed by atoms with Crippen LogP contribution in [0.25, 0.3) is 0 Å². The lowest BCUT2D eigenvalue weighted by molar-refractivity contribution is -0.117. The highest BCUT2D eigenvalue weighted by Crippen LogP contribution is 2.22. The van der Waals surface area contributed by atoms with Crippen LogP contribution in [0.2, 0.25) is 0 Å². The van der Waals surface area contributed by atoms with Crippen molar-refractivity contribution in [3.63, 3.8) is 0 Å². The van der Waals surface area contributed by atoms with Gasteiger partial charge in [0.2, 0.25) is 0 Å². The normalized spacial score (nSPS) is 11.1. The largest absolute Gasteiger partial charge is 0.496 e. The Morgan fingerprint density at radius 1 is 1.08 bits per heavy atom. The fourth-order valence-corrected chi connectivity index (χ4v) is 2.62. The third kappa shape index (κ3) is 5.41. The van der Waals surface area contributed by atoms with Gasteiger partial charge in [-0.3, -0.25) is 9.59 Å². The molecule has 1 amide bonds. The molecular weight excluding hydrogens is 333 g/mol. The molecule has 1 N–H and O–H groups in total. The van der Waals surface area contributed by atoms with Crippen molar-refractivity contribution < 1.29 is 18.7 Å². The third-order valence-electron chi connectivity index (χ3n) is 3.75. The standard InChI is InChI=1S/C21H24FNO3/c1-21(2,3)23-20(25)15-8-5-7-14(11-15)12-16(24)13-17-18(22)9-6-10-19(17)26-4/h5-11H,12-13H2,1-4H3,(H,23,25). The molecule has 138 valence electrons. The summed E-state index contributed by atoms with van der Waals surface area (Å²) >= 11 is 0. The van der Waals surface area contributed by atoms with Gasteiger partial charge in [0.15, 0.2) is 0 Å². The van der Waals surface area contributed by atoms with Gasteiger partial charge < -0.3 is 10.1 Å². The molecule has 0 fully saturated rings. The number of carbonyl (C=O) groups excluding carboxylic acids is 2. The molecule has 0 aliphatic carbocycles. The number of rotatable bonds is 6. The molecule has 5 heteroatoms. The van der Waals surface area contributed by atoms with E-state index in [1.54, 1.807) is 36.4 Å². The Bertz CT molecular complexity index is 809. The summed E-state index contributed by atoms with van der Waals surface area (Å²) < 4.78 is 19.1. The van der Waals surface area contributed by atoms with Gasteiger partial charge in [-0.1, -0.05) is 18.2 Å². The maximum atomic E-state index is 14.0. The molecule has 26 heavy (non-hydrogen) atoms. The average molecular weight is 357 g/mol. The van der Waals surface area contributed by atoms with Crippen molar-refractivity contribution in [3.8, 4) is 5.75 Å². The number of methoxy groups -OCH3 is 1. The average Bonchev–Trinajstić information content (AvgIpc) is 2.55. The number of Topliss-reactive ketones (excluding diaryl/α,β-unsaturated/α-hetero) is 1. The van der Waals surface area contributed by atoms with Gasteiger partial charge in [-0.05, 0) is 50.6 Å². The Kier molecular flexibility index (Phi) is 6.14. The van der Waals surface area contributed by atoms with Crippen LogP contribution in [0.4, 0.5) is 4.39 Å². The molecule has 2 aromatic rings. The van der Waals surface area contributed by atoms with Crippen LogP contribution in [0.1, 0.15) is 42.3 Å². The lowest BCUT2D eigenvalue weighted by Crippen LogP contribution is -2.40. The molecule has 2 aromatic carbocycles. The minimum Gasteiger partial charge on any atom is -0.496 e. The van der Waals surface area contributed by atoms with E-state index in [4.69, 9.17) is 4.74 Å². The predicted octanol–water partition coefficient (Wildman–Crippen LogP) is 3.72. The Labute approximate surface area is 153 Å². The first kappa shape index (κ1) is 19.6. The van der Waals surface area contributed by atoms with Crippen LogP contribution in [-0.2, 0) is 17.6 Å². The van der Waals surface area contributed by atoms with Gasteiger partial charge >= 0.3 is 0 Å². The first-order chi connectivity index (χ1) is 12.2. The third-order valence-corrected chi connectivity index (χ3v) is 3.75. The van der Waals surface area contributed by atoms with Crippen LogP contribution in [-0.4, -0.2) is 24.3 Å². The van der Waals surface area contributed by atoms with E-state index in [9.17, 15) is 14.0 Å². The molecule has 0 radical (unpaired) electrons. The van der Waals surface area contributed by atoms with E-state index < -0.39 is 5.82 Å². The van der Waals surface area contributed by atoms with Crippen molar-refractivity contribution in [1.29, 1.82) is 0 Å². The van der Waals surface area contributed by atoms with E-state index in [0.717, 1.165) is 0 Å². The molecule has 0 heterocycles. The van der Waals surface area contributed by atoms with Gasteiger partial charge in [-0.25, -0.2) is 4.39 Å². The molecule has 0 aliphatic heterocycles. The SMILES string of the molecule is COc1cccc(F)c1CC(=O)Cc1cccc(C(=O)NC(C)(C)C)c1. The predicted molar refractivity (Wildman–Crippen MR) is 99.0 cm³/mol. The van der Waals surface area contributed by atoms with E-state index in [1.165, 1.54) is 13.2 Å². The number of benzene rings is 2. The van der Waals surface area contributed by atoms with Crippen molar-refractivity contribution in [1.82, 2.24) is 5.32 Å². The Hall–Kier alpha value is -2.69. The maximum Gasteiger partial charge on any atom is 0.251 e. The van der Waals surface area contributed by atoms with Crippen LogP contribution in [0.3, 0.4) is 0 Å². The Balaban J connectivity index is 2.11. The second-order valence-corrected chi connectivity index (χ2v) is 7.22. The highest BCUT2D eigenvalue weighted by molar-refractivity contribution is 5.95. The lowest BCUT2D eigenvalue weighted by Gasteiger charge is -2.20. The second-order valence-electron chi connectivity index (χ2n) is 7.22. The van der Waals surface area contributed by atoms with E-state index in [-0.39, 0.29) is 35.6 Å². The van der Waals surface area contributed by atoms with Crippen molar-refractivity contribution in [2.75, 3.05) is 7.11 Å². The van der Waals surface area contributed by atoms with Crippen LogP contribution in [0.15, 0.2) is 42.5 Å².